The van der Waals surface area contributed by atoms with Crippen LogP contribution in [0.1, 0.15) is 59.8 Å². The zero-order valence-electron chi connectivity index (χ0n) is 12.2. The summed E-state index contributed by atoms with van der Waals surface area (Å²) in [6.07, 6.45) is 4.08. The number of aliphatic carboxylic acids is 1. The first-order valence-corrected chi connectivity index (χ1v) is 8.57. The Bertz CT molecular complexity index is 229. The van der Waals surface area contributed by atoms with E-state index < -0.39 is 20.3 Å². The zero-order valence-corrected chi connectivity index (χ0v) is 13.4. The molecule has 0 aromatic carbocycles. The molecule has 0 aliphatic rings. The van der Waals surface area contributed by atoms with Crippen molar-refractivity contribution in [3.05, 3.63) is 0 Å². The summed E-state index contributed by atoms with van der Waals surface area (Å²) in [6.45, 7) is 8.96. The van der Waals surface area contributed by atoms with E-state index in [1.165, 1.54) is 0 Å². The van der Waals surface area contributed by atoms with Gasteiger partial charge in [-0.15, -0.1) is 0 Å². The van der Waals surface area contributed by atoms with E-state index in [0.29, 0.717) is 26.1 Å². The van der Waals surface area contributed by atoms with Crippen molar-refractivity contribution in [2.24, 2.45) is 0 Å². The Morgan fingerprint density at radius 3 is 1.94 bits per heavy atom. The molecule has 18 heavy (non-hydrogen) atoms. The van der Waals surface area contributed by atoms with Gasteiger partial charge in [-0.25, -0.2) is 0 Å². The van der Waals surface area contributed by atoms with Crippen LogP contribution in [0.4, 0.5) is 0 Å². The molecule has 0 saturated heterocycles. The van der Waals surface area contributed by atoms with Crippen LogP contribution in [0.3, 0.4) is 0 Å². The zero-order chi connectivity index (χ0) is 14.0. The lowest BCUT2D eigenvalue weighted by Gasteiger charge is -2.34. The van der Waals surface area contributed by atoms with Gasteiger partial charge in [0.1, 0.15) is 5.04 Å². The maximum absolute atomic E-state index is 11.8. The molecule has 0 saturated carbocycles. The lowest BCUT2D eigenvalue weighted by molar-refractivity contribution is -0.142. The van der Waals surface area contributed by atoms with E-state index in [9.17, 15) is 9.90 Å². The van der Waals surface area contributed by atoms with Gasteiger partial charge in [0.15, 0.2) is 0 Å². The van der Waals surface area contributed by atoms with Crippen LogP contribution >= 0.6 is 0 Å². The topological polar surface area (TPSA) is 55.8 Å². The number of unbranched alkanes of at least 4 members (excludes halogenated alkanes) is 1. The third-order valence-electron chi connectivity index (χ3n) is 3.19. The summed E-state index contributed by atoms with van der Waals surface area (Å²) in [5.74, 6) is -0.739. The molecular formula is C13H28O4Si. The van der Waals surface area contributed by atoms with Gasteiger partial charge in [-0.05, 0) is 26.7 Å². The van der Waals surface area contributed by atoms with Gasteiger partial charge in [-0.3, -0.25) is 4.79 Å². The predicted octanol–water partition coefficient (Wildman–Crippen LogP) is 3.10. The highest BCUT2D eigenvalue weighted by Gasteiger charge is 2.48. The van der Waals surface area contributed by atoms with Crippen molar-refractivity contribution in [2.75, 3.05) is 13.2 Å². The summed E-state index contributed by atoms with van der Waals surface area (Å²) in [7, 11) is -2.19. The first-order chi connectivity index (χ1) is 8.58. The van der Waals surface area contributed by atoms with Gasteiger partial charge >= 0.3 is 15.3 Å². The third kappa shape index (κ3) is 4.70. The molecule has 0 aliphatic carbocycles. The summed E-state index contributed by atoms with van der Waals surface area (Å²) < 4.78 is 11.4. The number of carboxylic acid groups (broad SMARTS) is 1. The fourth-order valence-corrected chi connectivity index (χ4v) is 4.79. The molecule has 0 amide bonds. The van der Waals surface area contributed by atoms with Crippen LogP contribution in [0.25, 0.3) is 0 Å². The lowest BCUT2D eigenvalue weighted by atomic mass is 9.96. The van der Waals surface area contributed by atoms with Gasteiger partial charge in [-0.1, -0.05) is 33.1 Å². The number of hydrogen-bond acceptors (Lipinski definition) is 3. The minimum absolute atomic E-state index is 0.530. The molecule has 1 atom stereocenters. The molecule has 0 fully saturated rings. The van der Waals surface area contributed by atoms with Crippen LogP contribution in [0.5, 0.6) is 0 Å². The highest BCUT2D eigenvalue weighted by atomic mass is 28.3. The highest BCUT2D eigenvalue weighted by molar-refractivity contribution is 6.54. The molecule has 0 aromatic heterocycles. The van der Waals surface area contributed by atoms with Crippen LogP contribution in [0.2, 0.25) is 5.04 Å². The van der Waals surface area contributed by atoms with E-state index in [1.807, 2.05) is 20.8 Å². The first-order valence-electron chi connectivity index (χ1n) is 7.05. The second kappa shape index (κ2) is 9.53. The molecule has 0 radical (unpaired) electrons. The smallest absolute Gasteiger partial charge is 0.339 e. The Morgan fingerprint density at radius 2 is 1.61 bits per heavy atom. The Hall–Kier alpha value is -0.393. The van der Waals surface area contributed by atoms with Gasteiger partial charge in [0, 0.05) is 13.2 Å². The Labute approximate surface area is 113 Å². The van der Waals surface area contributed by atoms with Crippen molar-refractivity contribution in [1.82, 2.24) is 0 Å². The maximum atomic E-state index is 11.8. The van der Waals surface area contributed by atoms with Gasteiger partial charge in [0.25, 0.3) is 0 Å². The summed E-state index contributed by atoms with van der Waals surface area (Å²) in [5.41, 5.74) is 0. The molecule has 0 heterocycles. The van der Waals surface area contributed by atoms with E-state index >= 15 is 0 Å². The maximum Gasteiger partial charge on any atom is 0.339 e. The van der Waals surface area contributed by atoms with Crippen LogP contribution in [0.15, 0.2) is 0 Å². The van der Waals surface area contributed by atoms with E-state index in [1.54, 1.807) is 0 Å². The molecule has 0 rings (SSSR count). The molecule has 108 valence electrons. The van der Waals surface area contributed by atoms with E-state index in [0.717, 1.165) is 19.3 Å². The Balaban J connectivity index is 5.11. The van der Waals surface area contributed by atoms with Gasteiger partial charge < -0.3 is 14.0 Å². The molecular weight excluding hydrogens is 248 g/mol. The SMILES string of the molecule is CCCCC(CCC)(C(=O)O)[SiH](OCC)OCC. The largest absolute Gasteiger partial charge is 0.481 e. The molecule has 1 unspecified atom stereocenters. The van der Waals surface area contributed by atoms with Crippen molar-refractivity contribution in [1.29, 1.82) is 0 Å². The summed E-state index contributed by atoms with van der Waals surface area (Å²) in [5, 5.41) is 8.91. The van der Waals surface area contributed by atoms with Crippen LogP contribution in [-0.4, -0.2) is 33.6 Å². The minimum atomic E-state index is -2.19. The minimum Gasteiger partial charge on any atom is -0.481 e. The Kier molecular flexibility index (Phi) is 9.32. The number of hydrogen-bond donors (Lipinski definition) is 1. The fraction of sp³-hybridized carbons (Fsp3) is 0.923. The average Bonchev–Trinajstić information content (AvgIpc) is 2.34. The summed E-state index contributed by atoms with van der Waals surface area (Å²) >= 11 is 0. The Morgan fingerprint density at radius 1 is 1.06 bits per heavy atom. The summed E-state index contributed by atoms with van der Waals surface area (Å²) in [6, 6.07) is 0. The van der Waals surface area contributed by atoms with Gasteiger partial charge in [0.05, 0.1) is 0 Å². The molecule has 0 aromatic rings. The van der Waals surface area contributed by atoms with Crippen LogP contribution in [0, 0.1) is 0 Å². The average molecular weight is 276 g/mol. The van der Waals surface area contributed by atoms with E-state index in [2.05, 4.69) is 6.92 Å². The number of carboxylic acids is 1. The van der Waals surface area contributed by atoms with Crippen molar-refractivity contribution >= 4 is 15.3 Å². The summed E-state index contributed by atoms with van der Waals surface area (Å²) in [4.78, 5) is 11.8. The van der Waals surface area contributed by atoms with Crippen LogP contribution in [-0.2, 0) is 13.6 Å². The van der Waals surface area contributed by atoms with E-state index in [4.69, 9.17) is 8.85 Å². The van der Waals surface area contributed by atoms with E-state index in [-0.39, 0.29) is 0 Å². The highest BCUT2D eigenvalue weighted by Crippen LogP contribution is 2.42. The van der Waals surface area contributed by atoms with Crippen molar-refractivity contribution in [3.8, 4) is 0 Å². The molecule has 0 bridgehead atoms. The fourth-order valence-electron chi connectivity index (χ4n) is 2.28. The van der Waals surface area contributed by atoms with Gasteiger partial charge in [-0.2, -0.15) is 0 Å². The van der Waals surface area contributed by atoms with Crippen molar-refractivity contribution < 1.29 is 18.8 Å². The molecule has 0 aliphatic heterocycles. The van der Waals surface area contributed by atoms with Crippen molar-refractivity contribution in [3.63, 3.8) is 0 Å². The second-order valence-corrected chi connectivity index (χ2v) is 6.99. The van der Waals surface area contributed by atoms with Crippen LogP contribution < -0.4 is 0 Å². The number of rotatable bonds is 11. The monoisotopic (exact) mass is 276 g/mol. The molecule has 0 spiro atoms. The second-order valence-electron chi connectivity index (χ2n) is 4.56. The normalized spacial score (nSPS) is 14.7. The van der Waals surface area contributed by atoms with Crippen molar-refractivity contribution in [2.45, 2.75) is 64.8 Å². The standard InChI is InChI=1S/C13H28O4Si/c1-5-9-11-13(10-6-2,12(14)15)18(16-7-3)17-8-4/h18H,5-11H2,1-4H3,(H,14,15). The molecule has 4 nitrogen and oxygen atoms in total. The molecule has 5 heteroatoms. The lowest BCUT2D eigenvalue weighted by Crippen LogP contribution is -2.44. The predicted molar refractivity (Wildman–Crippen MR) is 75.2 cm³/mol. The van der Waals surface area contributed by atoms with Gasteiger partial charge in [0.2, 0.25) is 0 Å². The quantitative estimate of drug-likeness (QED) is 0.589. The molecule has 1 N–H and O–H groups in total. The first kappa shape index (κ1) is 17.6. The number of carbonyl (C=O) groups is 1. The third-order valence-corrected chi connectivity index (χ3v) is 6.18.